The normalized spacial score (nSPS) is 12.4. The minimum atomic E-state index is -4.80. The fraction of sp³-hybridized carbons (Fsp3) is 0.500. The highest BCUT2D eigenvalue weighted by molar-refractivity contribution is 5.55. The third-order valence-corrected chi connectivity index (χ3v) is 2.75. The Balaban J connectivity index is 3.28. The maximum absolute atomic E-state index is 12.9. The minimum Gasteiger partial charge on any atom is -0.362 e. The van der Waals surface area contributed by atoms with Gasteiger partial charge in [-0.1, -0.05) is 13.8 Å². The third kappa shape index (κ3) is 5.13. The molecule has 0 fully saturated rings. The summed E-state index contributed by atoms with van der Waals surface area (Å²) in [5, 5.41) is 8.70. The molecule has 0 spiro atoms. The highest BCUT2D eigenvalue weighted by Crippen LogP contribution is 2.35. The molecule has 0 bridgehead atoms. The second-order valence-electron chi connectivity index (χ2n) is 5.23. The highest BCUT2D eigenvalue weighted by atomic mass is 19.4. The Labute approximate surface area is 123 Å². The predicted molar refractivity (Wildman–Crippen MR) is 69.3 cm³/mol. The van der Waals surface area contributed by atoms with Crippen LogP contribution in [0.5, 0.6) is 0 Å². The van der Waals surface area contributed by atoms with E-state index in [2.05, 4.69) is 0 Å². The van der Waals surface area contributed by atoms with Gasteiger partial charge in [0.2, 0.25) is 0 Å². The molecule has 8 heteroatoms. The van der Waals surface area contributed by atoms with E-state index in [4.69, 9.17) is 5.26 Å². The molecule has 0 aliphatic heterocycles. The van der Waals surface area contributed by atoms with Crippen LogP contribution in [0.15, 0.2) is 18.2 Å². The molecule has 0 heterocycles. The van der Waals surface area contributed by atoms with Crippen molar-refractivity contribution < 1.29 is 26.3 Å². The molecule has 2 nitrogen and oxygen atoms in total. The Morgan fingerprint density at radius 2 is 1.73 bits per heavy atom. The van der Waals surface area contributed by atoms with Gasteiger partial charge in [0.05, 0.1) is 17.2 Å². The first-order chi connectivity index (χ1) is 9.94. The molecule has 0 aliphatic carbocycles. The van der Waals surface area contributed by atoms with Crippen LogP contribution in [0, 0.1) is 17.2 Å². The van der Waals surface area contributed by atoms with E-state index in [1.54, 1.807) is 13.8 Å². The summed E-state index contributed by atoms with van der Waals surface area (Å²) in [5.41, 5.74) is -2.06. The Hall–Kier alpha value is -1.91. The summed E-state index contributed by atoms with van der Waals surface area (Å²) in [4.78, 5) is 0.834. The molecule has 0 N–H and O–H groups in total. The molecule has 1 aromatic rings. The van der Waals surface area contributed by atoms with Crippen LogP contribution >= 0.6 is 0 Å². The summed E-state index contributed by atoms with van der Waals surface area (Å²) >= 11 is 0. The monoisotopic (exact) mass is 324 g/mol. The molecular formula is C14H14F6N2. The number of rotatable bonds is 4. The molecule has 0 unspecified atom stereocenters. The van der Waals surface area contributed by atoms with Gasteiger partial charge in [-0.15, -0.1) is 0 Å². The zero-order chi connectivity index (χ0) is 17.1. The van der Waals surface area contributed by atoms with Crippen molar-refractivity contribution in [1.29, 1.82) is 5.26 Å². The van der Waals surface area contributed by atoms with E-state index < -0.39 is 30.0 Å². The van der Waals surface area contributed by atoms with Crippen LogP contribution in [0.3, 0.4) is 0 Å². The number of hydrogen-bond acceptors (Lipinski definition) is 2. The van der Waals surface area contributed by atoms with E-state index in [0.717, 1.165) is 17.0 Å². The topological polar surface area (TPSA) is 27.0 Å². The Morgan fingerprint density at radius 1 is 1.14 bits per heavy atom. The number of alkyl halides is 6. The maximum Gasteiger partial charge on any atom is 0.417 e. The Kier molecular flexibility index (Phi) is 5.33. The molecule has 0 saturated heterocycles. The molecule has 0 radical (unpaired) electrons. The quantitative estimate of drug-likeness (QED) is 0.757. The van der Waals surface area contributed by atoms with Gasteiger partial charge in [-0.25, -0.2) is 0 Å². The fourth-order valence-corrected chi connectivity index (χ4v) is 1.98. The number of benzene rings is 1. The third-order valence-electron chi connectivity index (χ3n) is 2.75. The Morgan fingerprint density at radius 3 is 2.14 bits per heavy atom. The molecule has 1 rings (SSSR count). The van der Waals surface area contributed by atoms with Crippen LogP contribution in [0.1, 0.15) is 25.0 Å². The minimum absolute atomic E-state index is 0.0529. The van der Waals surface area contributed by atoms with Crippen molar-refractivity contribution in [2.75, 3.05) is 18.0 Å². The van der Waals surface area contributed by atoms with Gasteiger partial charge < -0.3 is 4.90 Å². The molecule has 1 aromatic carbocycles. The number of nitriles is 1. The van der Waals surface area contributed by atoms with E-state index in [1.165, 1.54) is 6.07 Å². The van der Waals surface area contributed by atoms with Gasteiger partial charge in [-0.2, -0.15) is 31.6 Å². The number of nitrogens with zero attached hydrogens (tertiary/aromatic N) is 2. The smallest absolute Gasteiger partial charge is 0.362 e. The zero-order valence-corrected chi connectivity index (χ0v) is 11.9. The van der Waals surface area contributed by atoms with Crippen molar-refractivity contribution >= 4 is 5.69 Å². The van der Waals surface area contributed by atoms with E-state index in [9.17, 15) is 26.3 Å². The second kappa shape index (κ2) is 6.46. The van der Waals surface area contributed by atoms with Gasteiger partial charge in [0, 0.05) is 12.2 Å². The molecule has 0 aromatic heterocycles. The van der Waals surface area contributed by atoms with Crippen LogP contribution < -0.4 is 4.90 Å². The standard InChI is InChI=1S/C14H14F6N2/c1-9(2)7-22(8-13(15,16)17)11-4-3-10(6-21)12(5-11)14(18,19)20/h3-5,9H,7-8H2,1-2H3. The average molecular weight is 324 g/mol. The van der Waals surface area contributed by atoms with Gasteiger partial charge in [-0.3, -0.25) is 0 Å². The molecule has 0 aliphatic rings. The van der Waals surface area contributed by atoms with Crippen molar-refractivity contribution in [1.82, 2.24) is 0 Å². The first-order valence-electron chi connectivity index (χ1n) is 6.37. The first kappa shape index (κ1) is 18.1. The lowest BCUT2D eigenvalue weighted by Crippen LogP contribution is -2.37. The summed E-state index contributed by atoms with van der Waals surface area (Å²) in [6.07, 6.45) is -9.34. The highest BCUT2D eigenvalue weighted by Gasteiger charge is 2.36. The van der Waals surface area contributed by atoms with Crippen LogP contribution in [0.4, 0.5) is 32.0 Å². The lowest BCUT2D eigenvalue weighted by Gasteiger charge is -2.28. The van der Waals surface area contributed by atoms with E-state index in [-0.39, 0.29) is 18.2 Å². The van der Waals surface area contributed by atoms with Gasteiger partial charge in [0.1, 0.15) is 6.54 Å². The van der Waals surface area contributed by atoms with Gasteiger partial charge in [0.15, 0.2) is 0 Å². The van der Waals surface area contributed by atoms with Gasteiger partial charge in [-0.05, 0) is 24.1 Å². The van der Waals surface area contributed by atoms with E-state index in [0.29, 0.717) is 6.07 Å². The lowest BCUT2D eigenvalue weighted by molar-refractivity contribution is -0.137. The molecule has 122 valence electrons. The molecule has 0 atom stereocenters. The van der Waals surface area contributed by atoms with Crippen molar-refractivity contribution in [2.45, 2.75) is 26.2 Å². The van der Waals surface area contributed by atoms with Crippen molar-refractivity contribution in [3.8, 4) is 6.07 Å². The molecule has 22 heavy (non-hydrogen) atoms. The van der Waals surface area contributed by atoms with Crippen LogP contribution in [0.2, 0.25) is 0 Å². The summed E-state index contributed by atoms with van der Waals surface area (Å²) in [6.45, 7) is 1.92. The number of hydrogen-bond donors (Lipinski definition) is 0. The zero-order valence-electron chi connectivity index (χ0n) is 11.9. The number of halogens is 6. The first-order valence-corrected chi connectivity index (χ1v) is 6.37. The summed E-state index contributed by atoms with van der Waals surface area (Å²) in [7, 11) is 0. The summed E-state index contributed by atoms with van der Waals surface area (Å²) in [5.74, 6) is -0.174. The van der Waals surface area contributed by atoms with Crippen LogP contribution in [0.25, 0.3) is 0 Å². The average Bonchev–Trinajstić information content (AvgIpc) is 2.34. The molecule has 0 saturated carbocycles. The lowest BCUT2D eigenvalue weighted by atomic mass is 10.1. The SMILES string of the molecule is CC(C)CN(CC(F)(F)F)c1ccc(C#N)c(C(F)(F)F)c1. The fourth-order valence-electron chi connectivity index (χ4n) is 1.98. The van der Waals surface area contributed by atoms with Crippen molar-refractivity contribution in [2.24, 2.45) is 5.92 Å². The number of anilines is 1. The predicted octanol–water partition coefficient (Wildman–Crippen LogP) is 4.60. The van der Waals surface area contributed by atoms with Crippen molar-refractivity contribution in [3.05, 3.63) is 29.3 Å². The van der Waals surface area contributed by atoms with Crippen LogP contribution in [-0.4, -0.2) is 19.3 Å². The second-order valence-corrected chi connectivity index (χ2v) is 5.23. The van der Waals surface area contributed by atoms with E-state index in [1.807, 2.05) is 0 Å². The van der Waals surface area contributed by atoms with E-state index >= 15 is 0 Å². The summed E-state index contributed by atoms with van der Waals surface area (Å²) < 4.78 is 76.5. The van der Waals surface area contributed by atoms with Gasteiger partial charge in [0.25, 0.3) is 0 Å². The van der Waals surface area contributed by atoms with Gasteiger partial charge >= 0.3 is 12.4 Å². The molecule has 0 amide bonds. The Bertz CT molecular complexity index is 554. The molecular weight excluding hydrogens is 310 g/mol. The largest absolute Gasteiger partial charge is 0.417 e. The van der Waals surface area contributed by atoms with Crippen molar-refractivity contribution in [3.63, 3.8) is 0 Å². The van der Waals surface area contributed by atoms with Crippen LogP contribution in [-0.2, 0) is 6.18 Å². The maximum atomic E-state index is 12.9. The summed E-state index contributed by atoms with van der Waals surface area (Å²) in [6, 6.07) is 3.98.